The van der Waals surface area contributed by atoms with Gasteiger partial charge in [-0.25, -0.2) is 0 Å². The molecule has 13 heavy (non-hydrogen) atoms. The Labute approximate surface area is 77.0 Å². The predicted molar refractivity (Wildman–Crippen MR) is 48.8 cm³/mol. The topological polar surface area (TPSA) is 42.2 Å². The van der Waals surface area contributed by atoms with Crippen molar-refractivity contribution >= 4 is 5.78 Å². The van der Waals surface area contributed by atoms with Crippen molar-refractivity contribution in [1.29, 1.82) is 0 Å². The molecular weight excluding hydrogens is 166 g/mol. The molecule has 2 rings (SSSR count). The maximum atomic E-state index is 11.5. The van der Waals surface area contributed by atoms with Crippen molar-refractivity contribution in [3.63, 3.8) is 0 Å². The molecule has 1 aliphatic rings. The molecule has 2 heterocycles. The van der Waals surface area contributed by atoms with E-state index >= 15 is 0 Å². The Hall–Kier alpha value is -1.09. The summed E-state index contributed by atoms with van der Waals surface area (Å²) in [5.74, 6) is 0.0405. The van der Waals surface area contributed by atoms with Gasteiger partial charge < -0.3 is 9.67 Å². The Bertz CT molecular complexity index is 354. The molecule has 0 amide bonds. The van der Waals surface area contributed by atoms with E-state index in [-0.39, 0.29) is 18.2 Å². The van der Waals surface area contributed by atoms with E-state index in [4.69, 9.17) is 0 Å². The summed E-state index contributed by atoms with van der Waals surface area (Å²) < 4.78 is 1.91. The summed E-state index contributed by atoms with van der Waals surface area (Å²) in [6.45, 7) is 3.89. The monoisotopic (exact) mass is 179 g/mol. The molecule has 1 aliphatic heterocycles. The minimum Gasteiger partial charge on any atom is -0.391 e. The Balaban J connectivity index is 2.56. The van der Waals surface area contributed by atoms with Crippen LogP contribution in [0.1, 0.15) is 35.6 Å². The fraction of sp³-hybridized carbons (Fsp3) is 0.500. The highest BCUT2D eigenvalue weighted by Crippen LogP contribution is 2.27. The number of rotatable bonds is 0. The summed E-state index contributed by atoms with van der Waals surface area (Å²) in [4.78, 5) is 11.5. The number of hydrogen-bond acceptors (Lipinski definition) is 2. The number of aliphatic hydroxyl groups excluding tert-OH is 1. The third-order valence-corrected chi connectivity index (χ3v) is 2.77. The van der Waals surface area contributed by atoms with E-state index in [2.05, 4.69) is 0 Å². The second-order valence-electron chi connectivity index (χ2n) is 3.67. The summed E-state index contributed by atoms with van der Waals surface area (Å²) in [5, 5.41) is 9.60. The summed E-state index contributed by atoms with van der Waals surface area (Å²) in [6.07, 6.45) is -0.281. The third-order valence-electron chi connectivity index (χ3n) is 2.77. The first kappa shape index (κ1) is 8.51. The van der Waals surface area contributed by atoms with Crippen LogP contribution in [0.3, 0.4) is 0 Å². The molecule has 0 saturated carbocycles. The molecule has 0 unspecified atom stereocenters. The van der Waals surface area contributed by atoms with E-state index in [0.29, 0.717) is 0 Å². The van der Waals surface area contributed by atoms with Crippen molar-refractivity contribution in [3.05, 3.63) is 23.5 Å². The standard InChI is InChI=1S/C10H13NO2/c1-6-3-4-8-10(13)5-9(12)7(2)11(6)8/h3-4,7,9,12H,5H2,1-2H3/t7-,9-/m1/s1. The normalized spacial score (nSPS) is 27.5. The van der Waals surface area contributed by atoms with E-state index in [1.54, 1.807) is 0 Å². The summed E-state index contributed by atoms with van der Waals surface area (Å²) in [5.41, 5.74) is 1.77. The third kappa shape index (κ3) is 1.11. The van der Waals surface area contributed by atoms with Crippen molar-refractivity contribution in [3.8, 4) is 0 Å². The molecule has 0 aromatic carbocycles. The molecule has 1 aromatic rings. The number of nitrogens with zero attached hydrogens (tertiary/aromatic N) is 1. The van der Waals surface area contributed by atoms with E-state index in [1.165, 1.54) is 0 Å². The highest BCUT2D eigenvalue weighted by atomic mass is 16.3. The van der Waals surface area contributed by atoms with Crippen LogP contribution in [-0.4, -0.2) is 21.6 Å². The van der Waals surface area contributed by atoms with Crippen LogP contribution in [0, 0.1) is 6.92 Å². The van der Waals surface area contributed by atoms with Crippen molar-refractivity contribution in [1.82, 2.24) is 4.57 Å². The number of aryl methyl sites for hydroxylation is 1. The number of carbonyl (C=O) groups excluding carboxylic acids is 1. The number of Topliss-reactive ketones (excluding diaryl/α,β-unsaturated/α-hetero) is 1. The Morgan fingerprint density at radius 3 is 2.92 bits per heavy atom. The van der Waals surface area contributed by atoms with Gasteiger partial charge in [-0.1, -0.05) is 0 Å². The van der Waals surface area contributed by atoms with Gasteiger partial charge in [-0.15, -0.1) is 0 Å². The minimum atomic E-state index is -0.536. The smallest absolute Gasteiger partial charge is 0.181 e. The van der Waals surface area contributed by atoms with Gasteiger partial charge in [0.25, 0.3) is 0 Å². The average Bonchev–Trinajstić information content (AvgIpc) is 2.44. The van der Waals surface area contributed by atoms with Gasteiger partial charge in [0.2, 0.25) is 0 Å². The van der Waals surface area contributed by atoms with Crippen molar-refractivity contribution in [2.75, 3.05) is 0 Å². The van der Waals surface area contributed by atoms with Crippen LogP contribution in [0.5, 0.6) is 0 Å². The first-order chi connectivity index (χ1) is 6.11. The van der Waals surface area contributed by atoms with Gasteiger partial charge >= 0.3 is 0 Å². The lowest BCUT2D eigenvalue weighted by molar-refractivity contribution is 0.0676. The zero-order chi connectivity index (χ0) is 9.59. The molecular formula is C10H13NO2. The predicted octanol–water partition coefficient (Wildman–Crippen LogP) is 1.30. The van der Waals surface area contributed by atoms with Crippen LogP contribution in [0.25, 0.3) is 0 Å². The molecule has 1 N–H and O–H groups in total. The quantitative estimate of drug-likeness (QED) is 0.652. The second kappa shape index (κ2) is 2.70. The van der Waals surface area contributed by atoms with Crippen LogP contribution >= 0.6 is 0 Å². The van der Waals surface area contributed by atoms with E-state index in [9.17, 15) is 9.90 Å². The largest absolute Gasteiger partial charge is 0.391 e. The molecule has 3 nitrogen and oxygen atoms in total. The number of fused-ring (bicyclic) bond motifs is 1. The van der Waals surface area contributed by atoms with Crippen molar-refractivity contribution < 1.29 is 9.90 Å². The Morgan fingerprint density at radius 1 is 1.54 bits per heavy atom. The average molecular weight is 179 g/mol. The Morgan fingerprint density at radius 2 is 2.23 bits per heavy atom. The summed E-state index contributed by atoms with van der Waals surface area (Å²) in [6, 6.07) is 3.77. The fourth-order valence-electron chi connectivity index (χ4n) is 1.96. The highest BCUT2D eigenvalue weighted by Gasteiger charge is 2.30. The summed E-state index contributed by atoms with van der Waals surface area (Å²) in [7, 11) is 0. The van der Waals surface area contributed by atoms with Gasteiger partial charge in [-0.05, 0) is 26.0 Å². The number of aliphatic hydroxyl groups is 1. The molecule has 1 aromatic heterocycles. The van der Waals surface area contributed by atoms with Crippen molar-refractivity contribution in [2.24, 2.45) is 0 Å². The van der Waals surface area contributed by atoms with E-state index in [0.717, 1.165) is 11.4 Å². The number of carbonyl (C=O) groups is 1. The second-order valence-corrected chi connectivity index (χ2v) is 3.67. The van der Waals surface area contributed by atoms with Crippen molar-refractivity contribution in [2.45, 2.75) is 32.4 Å². The number of hydrogen-bond donors (Lipinski definition) is 1. The molecule has 0 bridgehead atoms. The van der Waals surface area contributed by atoms with Gasteiger partial charge in [-0.2, -0.15) is 0 Å². The van der Waals surface area contributed by atoms with Crippen LogP contribution in [0.2, 0.25) is 0 Å². The Kier molecular flexibility index (Phi) is 1.77. The van der Waals surface area contributed by atoms with Crippen LogP contribution in [-0.2, 0) is 0 Å². The van der Waals surface area contributed by atoms with Gasteiger partial charge in [0.15, 0.2) is 5.78 Å². The molecule has 0 fully saturated rings. The molecule has 3 heteroatoms. The zero-order valence-corrected chi connectivity index (χ0v) is 7.82. The van der Waals surface area contributed by atoms with E-state index in [1.807, 2.05) is 30.5 Å². The maximum absolute atomic E-state index is 11.5. The lowest BCUT2D eigenvalue weighted by atomic mass is 10.00. The van der Waals surface area contributed by atoms with Crippen LogP contribution < -0.4 is 0 Å². The maximum Gasteiger partial charge on any atom is 0.181 e. The molecule has 0 aliphatic carbocycles. The molecule has 0 radical (unpaired) electrons. The zero-order valence-electron chi connectivity index (χ0n) is 7.82. The van der Waals surface area contributed by atoms with Gasteiger partial charge in [-0.3, -0.25) is 4.79 Å². The highest BCUT2D eigenvalue weighted by molar-refractivity contribution is 5.96. The minimum absolute atomic E-state index is 0.0164. The molecule has 2 atom stereocenters. The lowest BCUT2D eigenvalue weighted by Gasteiger charge is -2.28. The molecule has 70 valence electrons. The first-order valence-electron chi connectivity index (χ1n) is 4.50. The lowest BCUT2D eigenvalue weighted by Crippen LogP contribution is -2.32. The van der Waals surface area contributed by atoms with E-state index < -0.39 is 6.10 Å². The van der Waals surface area contributed by atoms with Gasteiger partial charge in [0.05, 0.1) is 17.8 Å². The number of aromatic nitrogens is 1. The molecule has 0 saturated heterocycles. The molecule has 0 spiro atoms. The van der Waals surface area contributed by atoms with Crippen LogP contribution in [0.4, 0.5) is 0 Å². The first-order valence-corrected chi connectivity index (χ1v) is 4.50. The fourth-order valence-corrected chi connectivity index (χ4v) is 1.96. The van der Waals surface area contributed by atoms with Gasteiger partial charge in [0.1, 0.15) is 0 Å². The number of ketones is 1. The summed E-state index contributed by atoms with van der Waals surface area (Å²) >= 11 is 0. The van der Waals surface area contributed by atoms with Crippen LogP contribution in [0.15, 0.2) is 12.1 Å². The van der Waals surface area contributed by atoms with Gasteiger partial charge in [0, 0.05) is 12.1 Å². The SMILES string of the molecule is Cc1ccc2n1[C@H](C)[C@H](O)CC2=O.